The molecule has 0 radical (unpaired) electrons. The summed E-state index contributed by atoms with van der Waals surface area (Å²) in [5.74, 6) is 0.524. The monoisotopic (exact) mass is 292 g/mol. The third-order valence-electron chi connectivity index (χ3n) is 3.38. The summed E-state index contributed by atoms with van der Waals surface area (Å²) in [5, 5.41) is 2.87. The number of carbonyl (C=O) groups excluding carboxylic acids is 1. The minimum Gasteiger partial charge on any atom is -0.476 e. The Balaban J connectivity index is 1.69. The van der Waals surface area contributed by atoms with E-state index in [1.807, 2.05) is 36.4 Å². The number of benzene rings is 2. The van der Waals surface area contributed by atoms with Gasteiger partial charge >= 0.3 is 0 Å². The van der Waals surface area contributed by atoms with Gasteiger partial charge in [0.05, 0.1) is 6.54 Å². The van der Waals surface area contributed by atoms with E-state index >= 15 is 0 Å². The summed E-state index contributed by atoms with van der Waals surface area (Å²) in [7, 11) is 0. The number of nitrogens with one attached hydrogen (secondary N) is 1. The van der Waals surface area contributed by atoms with E-state index in [-0.39, 0.29) is 5.91 Å². The maximum Gasteiger partial charge on any atom is 0.255 e. The fourth-order valence-electron chi connectivity index (χ4n) is 2.18. The standard InChI is InChI=1S/C18H16N2O2/c1-2-13-3-5-14(6-4-13)17(21)20-16-9-7-15(8-10-16)18-19-11-12-22-18/h2-10H,1,11-12H2,(H,20,21). The Morgan fingerprint density at radius 3 is 2.45 bits per heavy atom. The van der Waals surface area contributed by atoms with Gasteiger partial charge < -0.3 is 10.1 Å². The van der Waals surface area contributed by atoms with Crippen molar-refractivity contribution in [2.24, 2.45) is 4.99 Å². The number of hydrogen-bond donors (Lipinski definition) is 1. The smallest absolute Gasteiger partial charge is 0.255 e. The first-order valence-corrected chi connectivity index (χ1v) is 7.08. The van der Waals surface area contributed by atoms with Crippen molar-refractivity contribution in [3.05, 3.63) is 71.8 Å². The fraction of sp³-hybridized carbons (Fsp3) is 0.111. The van der Waals surface area contributed by atoms with E-state index in [9.17, 15) is 4.79 Å². The summed E-state index contributed by atoms with van der Waals surface area (Å²) in [6.07, 6.45) is 1.74. The lowest BCUT2D eigenvalue weighted by atomic mass is 10.1. The summed E-state index contributed by atoms with van der Waals surface area (Å²) in [4.78, 5) is 16.4. The van der Waals surface area contributed by atoms with E-state index in [1.165, 1.54) is 0 Å². The molecule has 3 rings (SSSR count). The van der Waals surface area contributed by atoms with Gasteiger partial charge in [0.1, 0.15) is 6.61 Å². The van der Waals surface area contributed by atoms with Crippen LogP contribution in [0.5, 0.6) is 0 Å². The van der Waals surface area contributed by atoms with Crippen LogP contribution >= 0.6 is 0 Å². The van der Waals surface area contributed by atoms with Gasteiger partial charge in [0.15, 0.2) is 0 Å². The van der Waals surface area contributed by atoms with Crippen molar-refractivity contribution >= 4 is 23.6 Å². The highest BCUT2D eigenvalue weighted by molar-refractivity contribution is 6.04. The van der Waals surface area contributed by atoms with Crippen molar-refractivity contribution in [2.75, 3.05) is 18.5 Å². The van der Waals surface area contributed by atoms with Gasteiger partial charge in [0, 0.05) is 16.8 Å². The van der Waals surface area contributed by atoms with Crippen LogP contribution in [-0.4, -0.2) is 25.0 Å². The van der Waals surface area contributed by atoms with Gasteiger partial charge in [-0.15, -0.1) is 0 Å². The highest BCUT2D eigenvalue weighted by Crippen LogP contribution is 2.14. The lowest BCUT2D eigenvalue weighted by Gasteiger charge is -2.07. The van der Waals surface area contributed by atoms with Crippen LogP contribution in [0.1, 0.15) is 21.5 Å². The van der Waals surface area contributed by atoms with Crippen molar-refractivity contribution in [1.29, 1.82) is 0 Å². The second-order valence-electron chi connectivity index (χ2n) is 4.89. The Labute approximate surface area is 129 Å². The predicted molar refractivity (Wildman–Crippen MR) is 88.3 cm³/mol. The van der Waals surface area contributed by atoms with Crippen LogP contribution < -0.4 is 5.32 Å². The Kier molecular flexibility index (Phi) is 4.01. The highest BCUT2D eigenvalue weighted by atomic mass is 16.5. The van der Waals surface area contributed by atoms with Gasteiger partial charge in [0.2, 0.25) is 5.90 Å². The molecule has 0 aromatic heterocycles. The molecule has 4 heteroatoms. The fourth-order valence-corrected chi connectivity index (χ4v) is 2.18. The average Bonchev–Trinajstić information content (AvgIpc) is 3.10. The minimum atomic E-state index is -0.141. The van der Waals surface area contributed by atoms with Gasteiger partial charge in [-0.2, -0.15) is 0 Å². The molecule has 1 N–H and O–H groups in total. The molecule has 2 aromatic carbocycles. The van der Waals surface area contributed by atoms with Crippen molar-refractivity contribution in [3.63, 3.8) is 0 Å². The third kappa shape index (κ3) is 3.06. The Hall–Kier alpha value is -2.88. The SMILES string of the molecule is C=Cc1ccc(C(=O)Nc2ccc(C3=NCCO3)cc2)cc1. The maximum absolute atomic E-state index is 12.2. The summed E-state index contributed by atoms with van der Waals surface area (Å²) in [6, 6.07) is 14.7. The largest absolute Gasteiger partial charge is 0.476 e. The molecule has 0 saturated heterocycles. The van der Waals surface area contributed by atoms with E-state index in [1.54, 1.807) is 18.2 Å². The van der Waals surface area contributed by atoms with Gasteiger partial charge in [-0.3, -0.25) is 4.79 Å². The molecule has 1 amide bonds. The van der Waals surface area contributed by atoms with Gasteiger partial charge in [-0.1, -0.05) is 24.8 Å². The number of ether oxygens (including phenoxy) is 1. The molecule has 0 atom stereocenters. The molecule has 0 unspecified atom stereocenters. The van der Waals surface area contributed by atoms with Crippen molar-refractivity contribution in [3.8, 4) is 0 Å². The maximum atomic E-state index is 12.2. The van der Waals surface area contributed by atoms with Crippen molar-refractivity contribution in [1.82, 2.24) is 0 Å². The summed E-state index contributed by atoms with van der Waals surface area (Å²) < 4.78 is 5.41. The molecule has 1 heterocycles. The van der Waals surface area contributed by atoms with E-state index in [0.29, 0.717) is 24.6 Å². The zero-order valence-electron chi connectivity index (χ0n) is 12.1. The molecular formula is C18H16N2O2. The first-order valence-electron chi connectivity index (χ1n) is 7.08. The molecule has 0 bridgehead atoms. The second kappa shape index (κ2) is 6.26. The molecular weight excluding hydrogens is 276 g/mol. The van der Waals surface area contributed by atoms with Crippen molar-refractivity contribution in [2.45, 2.75) is 0 Å². The van der Waals surface area contributed by atoms with Crippen LogP contribution in [0.25, 0.3) is 6.08 Å². The van der Waals surface area contributed by atoms with Crippen LogP contribution in [0.15, 0.2) is 60.1 Å². The summed E-state index contributed by atoms with van der Waals surface area (Å²) in [6.45, 7) is 5.03. The van der Waals surface area contributed by atoms with Gasteiger partial charge in [-0.05, 0) is 42.0 Å². The normalized spacial score (nSPS) is 13.2. The number of carbonyl (C=O) groups is 1. The van der Waals surface area contributed by atoms with Crippen LogP contribution in [0, 0.1) is 0 Å². The Morgan fingerprint density at radius 2 is 1.86 bits per heavy atom. The van der Waals surface area contributed by atoms with E-state index in [0.717, 1.165) is 16.8 Å². The average molecular weight is 292 g/mol. The molecule has 0 spiro atoms. The number of aliphatic imine (C=N–C) groups is 1. The number of hydrogen-bond acceptors (Lipinski definition) is 3. The molecule has 2 aromatic rings. The summed E-state index contributed by atoms with van der Waals surface area (Å²) in [5.41, 5.74) is 3.25. The first kappa shape index (κ1) is 14.1. The predicted octanol–water partition coefficient (Wildman–Crippen LogP) is 3.36. The Morgan fingerprint density at radius 1 is 1.14 bits per heavy atom. The van der Waals surface area contributed by atoms with Crippen LogP contribution in [0.3, 0.4) is 0 Å². The minimum absolute atomic E-state index is 0.141. The molecule has 1 aliphatic heterocycles. The van der Waals surface area contributed by atoms with Crippen LogP contribution in [-0.2, 0) is 4.74 Å². The summed E-state index contributed by atoms with van der Waals surface area (Å²) >= 11 is 0. The van der Waals surface area contributed by atoms with E-state index in [2.05, 4.69) is 16.9 Å². The number of anilines is 1. The molecule has 0 saturated carbocycles. The molecule has 0 aliphatic carbocycles. The number of rotatable bonds is 4. The van der Waals surface area contributed by atoms with Gasteiger partial charge in [-0.25, -0.2) is 4.99 Å². The molecule has 110 valence electrons. The van der Waals surface area contributed by atoms with Crippen LogP contribution in [0.4, 0.5) is 5.69 Å². The third-order valence-corrected chi connectivity index (χ3v) is 3.38. The highest BCUT2D eigenvalue weighted by Gasteiger charge is 2.10. The second-order valence-corrected chi connectivity index (χ2v) is 4.89. The van der Waals surface area contributed by atoms with Crippen LogP contribution in [0.2, 0.25) is 0 Å². The lowest BCUT2D eigenvalue weighted by molar-refractivity contribution is 0.102. The Bertz CT molecular complexity index is 716. The van der Waals surface area contributed by atoms with Gasteiger partial charge in [0.25, 0.3) is 5.91 Å². The number of amides is 1. The van der Waals surface area contributed by atoms with Crippen molar-refractivity contribution < 1.29 is 9.53 Å². The molecule has 22 heavy (non-hydrogen) atoms. The topological polar surface area (TPSA) is 50.7 Å². The lowest BCUT2D eigenvalue weighted by Crippen LogP contribution is -2.12. The van der Waals surface area contributed by atoms with E-state index in [4.69, 9.17) is 4.74 Å². The van der Waals surface area contributed by atoms with E-state index < -0.39 is 0 Å². The zero-order valence-corrected chi connectivity index (χ0v) is 12.1. The molecule has 0 fully saturated rings. The molecule has 1 aliphatic rings. The number of nitrogens with zero attached hydrogens (tertiary/aromatic N) is 1. The quantitative estimate of drug-likeness (QED) is 0.939. The zero-order chi connectivity index (χ0) is 15.4. The molecule has 4 nitrogen and oxygen atoms in total. The first-order chi connectivity index (χ1) is 10.8.